The van der Waals surface area contributed by atoms with Gasteiger partial charge in [-0.25, -0.2) is 0 Å². The average molecular weight is 287 g/mol. The van der Waals surface area contributed by atoms with E-state index in [-0.39, 0.29) is 0 Å². The van der Waals surface area contributed by atoms with E-state index in [0.29, 0.717) is 23.9 Å². The van der Waals surface area contributed by atoms with E-state index in [9.17, 15) is 0 Å². The molecule has 0 aliphatic heterocycles. The lowest BCUT2D eigenvalue weighted by atomic mass is 10.1. The van der Waals surface area contributed by atoms with Crippen LogP contribution in [-0.2, 0) is 6.42 Å². The van der Waals surface area contributed by atoms with Gasteiger partial charge in [-0.1, -0.05) is 11.6 Å². The van der Waals surface area contributed by atoms with E-state index >= 15 is 0 Å². The summed E-state index contributed by atoms with van der Waals surface area (Å²) in [4.78, 5) is 2.13. The second-order valence-electron chi connectivity index (χ2n) is 4.64. The number of benzene rings is 1. The molecule has 5 heteroatoms. The van der Waals surface area contributed by atoms with Crippen molar-refractivity contribution in [3.8, 4) is 11.5 Å². The van der Waals surface area contributed by atoms with Crippen molar-refractivity contribution < 1.29 is 9.47 Å². The molecule has 0 aliphatic rings. The maximum atomic E-state index is 6.06. The molecule has 1 aromatic carbocycles. The van der Waals surface area contributed by atoms with Crippen LogP contribution in [0.25, 0.3) is 0 Å². The largest absolute Gasteiger partial charge is 0.493 e. The molecule has 4 nitrogen and oxygen atoms in total. The molecule has 0 bridgehead atoms. The van der Waals surface area contributed by atoms with Crippen LogP contribution in [0.1, 0.15) is 12.0 Å². The van der Waals surface area contributed by atoms with Crippen molar-refractivity contribution in [2.24, 2.45) is 5.73 Å². The highest BCUT2D eigenvalue weighted by Crippen LogP contribution is 2.35. The fourth-order valence-electron chi connectivity index (χ4n) is 1.83. The Labute approximate surface area is 120 Å². The zero-order chi connectivity index (χ0) is 14.3. The Kier molecular flexibility index (Phi) is 6.99. The van der Waals surface area contributed by atoms with Crippen LogP contribution in [0.2, 0.25) is 5.02 Å². The second-order valence-corrected chi connectivity index (χ2v) is 5.08. The molecule has 108 valence electrons. The molecule has 0 unspecified atom stereocenters. The number of hydrogen-bond acceptors (Lipinski definition) is 4. The molecule has 0 fully saturated rings. The Bertz CT molecular complexity index is 397. The fraction of sp³-hybridized carbons (Fsp3) is 0.571. The van der Waals surface area contributed by atoms with Gasteiger partial charge < -0.3 is 20.1 Å². The molecular weight excluding hydrogens is 264 g/mol. The number of ether oxygens (including phenoxy) is 2. The van der Waals surface area contributed by atoms with Gasteiger partial charge >= 0.3 is 0 Å². The summed E-state index contributed by atoms with van der Waals surface area (Å²) in [5.41, 5.74) is 6.62. The average Bonchev–Trinajstić information content (AvgIpc) is 2.36. The van der Waals surface area contributed by atoms with Crippen LogP contribution in [0.4, 0.5) is 0 Å². The number of nitrogens with two attached hydrogens (primary N) is 1. The van der Waals surface area contributed by atoms with Gasteiger partial charge in [-0.2, -0.15) is 0 Å². The first kappa shape index (κ1) is 16.1. The van der Waals surface area contributed by atoms with Crippen LogP contribution >= 0.6 is 11.6 Å². The summed E-state index contributed by atoms with van der Waals surface area (Å²) in [5.74, 6) is 1.43. The van der Waals surface area contributed by atoms with Crippen molar-refractivity contribution in [2.45, 2.75) is 12.8 Å². The third-order valence-corrected chi connectivity index (χ3v) is 2.94. The molecule has 0 saturated carbocycles. The second kappa shape index (κ2) is 8.25. The molecule has 0 aliphatic carbocycles. The summed E-state index contributed by atoms with van der Waals surface area (Å²) in [6, 6.07) is 3.65. The Morgan fingerprint density at radius 1 is 1.32 bits per heavy atom. The maximum Gasteiger partial charge on any atom is 0.164 e. The number of hydrogen-bond donors (Lipinski definition) is 1. The Morgan fingerprint density at radius 3 is 2.63 bits per heavy atom. The minimum Gasteiger partial charge on any atom is -0.493 e. The molecule has 1 aromatic rings. The van der Waals surface area contributed by atoms with Gasteiger partial charge in [-0.3, -0.25) is 0 Å². The van der Waals surface area contributed by atoms with Crippen molar-refractivity contribution in [3.63, 3.8) is 0 Å². The highest BCUT2D eigenvalue weighted by Gasteiger charge is 2.12. The molecule has 0 atom stereocenters. The third-order valence-electron chi connectivity index (χ3n) is 2.73. The van der Waals surface area contributed by atoms with Gasteiger partial charge in [0.1, 0.15) is 0 Å². The Balaban J connectivity index is 2.77. The van der Waals surface area contributed by atoms with Gasteiger partial charge in [0.2, 0.25) is 0 Å². The minimum atomic E-state index is 0.553. The maximum absolute atomic E-state index is 6.06. The quantitative estimate of drug-likeness (QED) is 0.744. The predicted molar refractivity (Wildman–Crippen MR) is 79.4 cm³/mol. The lowest BCUT2D eigenvalue weighted by molar-refractivity contribution is 0.266. The topological polar surface area (TPSA) is 47.7 Å². The summed E-state index contributed by atoms with van der Waals surface area (Å²) < 4.78 is 11.2. The number of halogens is 1. The van der Waals surface area contributed by atoms with Gasteiger partial charge in [-0.05, 0) is 39.5 Å². The lowest BCUT2D eigenvalue weighted by Gasteiger charge is -2.16. The van der Waals surface area contributed by atoms with E-state index in [2.05, 4.69) is 4.90 Å². The number of methoxy groups -OCH3 is 1. The first-order chi connectivity index (χ1) is 9.08. The molecule has 1 rings (SSSR count). The van der Waals surface area contributed by atoms with Crippen LogP contribution in [0.5, 0.6) is 11.5 Å². The zero-order valence-corrected chi connectivity index (χ0v) is 12.7. The van der Waals surface area contributed by atoms with E-state index in [0.717, 1.165) is 30.7 Å². The van der Waals surface area contributed by atoms with E-state index in [1.807, 2.05) is 20.2 Å². The monoisotopic (exact) mass is 286 g/mol. The van der Waals surface area contributed by atoms with Crippen molar-refractivity contribution in [1.29, 1.82) is 0 Å². The van der Waals surface area contributed by atoms with Crippen molar-refractivity contribution in [2.75, 3.05) is 40.9 Å². The van der Waals surface area contributed by atoms with E-state index in [1.54, 1.807) is 13.2 Å². The molecule has 0 amide bonds. The van der Waals surface area contributed by atoms with E-state index in [1.165, 1.54) is 0 Å². The third kappa shape index (κ3) is 5.27. The zero-order valence-electron chi connectivity index (χ0n) is 11.9. The SMILES string of the molecule is COc1cc(Cl)cc(CCN)c1OCCCN(C)C. The number of rotatable bonds is 8. The van der Waals surface area contributed by atoms with Crippen LogP contribution in [0.3, 0.4) is 0 Å². The van der Waals surface area contributed by atoms with Gasteiger partial charge in [0.25, 0.3) is 0 Å². The summed E-state index contributed by atoms with van der Waals surface area (Å²) in [7, 11) is 5.70. The molecule has 0 saturated heterocycles. The van der Waals surface area contributed by atoms with E-state index < -0.39 is 0 Å². The highest BCUT2D eigenvalue weighted by atomic mass is 35.5. The Morgan fingerprint density at radius 2 is 2.05 bits per heavy atom. The lowest BCUT2D eigenvalue weighted by Crippen LogP contribution is -2.16. The van der Waals surface area contributed by atoms with Crippen LogP contribution in [0.15, 0.2) is 12.1 Å². The van der Waals surface area contributed by atoms with E-state index in [4.69, 9.17) is 26.8 Å². The molecule has 0 aromatic heterocycles. The normalized spacial score (nSPS) is 10.8. The molecule has 0 heterocycles. The van der Waals surface area contributed by atoms with Gasteiger partial charge in [-0.15, -0.1) is 0 Å². The summed E-state index contributed by atoms with van der Waals surface area (Å²) in [6.07, 6.45) is 1.68. The highest BCUT2D eigenvalue weighted by molar-refractivity contribution is 6.30. The van der Waals surface area contributed by atoms with Crippen molar-refractivity contribution in [3.05, 3.63) is 22.7 Å². The first-order valence-corrected chi connectivity index (χ1v) is 6.80. The summed E-state index contributed by atoms with van der Waals surface area (Å²) in [5, 5.41) is 0.640. The van der Waals surface area contributed by atoms with Crippen LogP contribution in [-0.4, -0.2) is 45.8 Å². The predicted octanol–water partition coefficient (Wildman–Crippen LogP) is 2.18. The van der Waals surface area contributed by atoms with Gasteiger partial charge in [0.15, 0.2) is 11.5 Å². The molecule has 0 radical (unpaired) electrons. The van der Waals surface area contributed by atoms with Crippen LogP contribution < -0.4 is 15.2 Å². The van der Waals surface area contributed by atoms with Crippen molar-refractivity contribution >= 4 is 11.6 Å². The minimum absolute atomic E-state index is 0.553. The van der Waals surface area contributed by atoms with Gasteiger partial charge in [0, 0.05) is 23.2 Å². The van der Waals surface area contributed by atoms with Crippen molar-refractivity contribution in [1.82, 2.24) is 4.90 Å². The smallest absolute Gasteiger partial charge is 0.164 e. The summed E-state index contributed by atoms with van der Waals surface area (Å²) in [6.45, 7) is 2.19. The Hall–Kier alpha value is -0.970. The number of nitrogens with zero attached hydrogens (tertiary/aromatic N) is 1. The van der Waals surface area contributed by atoms with Crippen LogP contribution in [0, 0.1) is 0 Å². The fourth-order valence-corrected chi connectivity index (χ4v) is 2.07. The molecule has 2 N–H and O–H groups in total. The molecule has 19 heavy (non-hydrogen) atoms. The first-order valence-electron chi connectivity index (χ1n) is 6.42. The van der Waals surface area contributed by atoms with Gasteiger partial charge in [0.05, 0.1) is 13.7 Å². The molecule has 0 spiro atoms. The molecular formula is C14H23ClN2O2. The standard InChI is InChI=1S/C14H23ClN2O2/c1-17(2)7-4-8-19-14-11(5-6-16)9-12(15)10-13(14)18-3/h9-10H,4-8,16H2,1-3H3. The summed E-state index contributed by atoms with van der Waals surface area (Å²) >= 11 is 6.06.